The summed E-state index contributed by atoms with van der Waals surface area (Å²) in [5.41, 5.74) is 5.91. The number of aromatic amines is 1. The maximum absolute atomic E-state index is 11.3. The van der Waals surface area contributed by atoms with E-state index in [9.17, 15) is 4.79 Å². The summed E-state index contributed by atoms with van der Waals surface area (Å²) in [7, 11) is 0. The molecule has 0 spiro atoms. The van der Waals surface area contributed by atoms with Gasteiger partial charge in [-0.15, -0.1) is 0 Å². The number of amides is 1. The quantitative estimate of drug-likeness (QED) is 0.597. The number of carbonyl (C=O) groups is 1. The molecule has 0 aliphatic heterocycles. The van der Waals surface area contributed by atoms with E-state index in [2.05, 4.69) is 10.3 Å². The molecular formula is C8H13N3O. The third kappa shape index (κ3) is 2.10. The van der Waals surface area contributed by atoms with E-state index in [-0.39, 0.29) is 11.9 Å². The van der Waals surface area contributed by atoms with Gasteiger partial charge in [0.25, 0.3) is 5.91 Å². The number of hydrogen-bond acceptors (Lipinski definition) is 2. The third-order valence-corrected chi connectivity index (χ3v) is 1.57. The topological polar surface area (TPSA) is 70.9 Å². The lowest BCUT2D eigenvalue weighted by Crippen LogP contribution is -2.37. The van der Waals surface area contributed by atoms with Crippen LogP contribution in [0.2, 0.25) is 0 Å². The largest absolute Gasteiger partial charge is 0.357 e. The Hall–Kier alpha value is -1.29. The number of rotatable bonds is 3. The fourth-order valence-corrected chi connectivity index (χ4v) is 0.832. The first-order valence-electron chi connectivity index (χ1n) is 3.88. The minimum Gasteiger partial charge on any atom is -0.357 e. The first-order chi connectivity index (χ1) is 5.74. The van der Waals surface area contributed by atoms with Gasteiger partial charge in [0, 0.05) is 18.8 Å². The van der Waals surface area contributed by atoms with E-state index < -0.39 is 0 Å². The van der Waals surface area contributed by atoms with Gasteiger partial charge in [0.1, 0.15) is 5.69 Å². The SMILES string of the molecule is C[C@H](CN)NC(=O)c1ccc[nH]1. The first-order valence-corrected chi connectivity index (χ1v) is 3.88. The monoisotopic (exact) mass is 167 g/mol. The molecule has 1 amide bonds. The van der Waals surface area contributed by atoms with Crippen LogP contribution in [0.4, 0.5) is 0 Å². The Morgan fingerprint density at radius 1 is 1.83 bits per heavy atom. The molecule has 4 N–H and O–H groups in total. The van der Waals surface area contributed by atoms with Crippen LogP contribution in [0.1, 0.15) is 17.4 Å². The van der Waals surface area contributed by atoms with E-state index in [1.807, 2.05) is 6.92 Å². The number of nitrogens with two attached hydrogens (primary N) is 1. The van der Waals surface area contributed by atoms with Gasteiger partial charge >= 0.3 is 0 Å². The number of carbonyl (C=O) groups excluding carboxylic acids is 1. The number of nitrogens with one attached hydrogen (secondary N) is 2. The smallest absolute Gasteiger partial charge is 0.267 e. The van der Waals surface area contributed by atoms with Crippen LogP contribution >= 0.6 is 0 Å². The van der Waals surface area contributed by atoms with Crippen LogP contribution in [-0.2, 0) is 0 Å². The van der Waals surface area contributed by atoms with E-state index >= 15 is 0 Å². The van der Waals surface area contributed by atoms with Crippen molar-refractivity contribution in [2.24, 2.45) is 5.73 Å². The minimum absolute atomic E-state index is 0.0146. The van der Waals surface area contributed by atoms with E-state index in [4.69, 9.17) is 5.73 Å². The van der Waals surface area contributed by atoms with Crippen molar-refractivity contribution >= 4 is 5.91 Å². The molecule has 0 radical (unpaired) electrons. The van der Waals surface area contributed by atoms with Crippen molar-refractivity contribution in [1.82, 2.24) is 10.3 Å². The lowest BCUT2D eigenvalue weighted by atomic mass is 10.3. The Morgan fingerprint density at radius 2 is 2.58 bits per heavy atom. The lowest BCUT2D eigenvalue weighted by molar-refractivity contribution is 0.0937. The zero-order valence-corrected chi connectivity index (χ0v) is 7.00. The van der Waals surface area contributed by atoms with Gasteiger partial charge in [0.15, 0.2) is 0 Å². The summed E-state index contributed by atoms with van der Waals surface area (Å²) in [6.07, 6.45) is 1.71. The number of aromatic nitrogens is 1. The van der Waals surface area contributed by atoms with Crippen molar-refractivity contribution in [2.45, 2.75) is 13.0 Å². The Balaban J connectivity index is 2.50. The highest BCUT2D eigenvalue weighted by Crippen LogP contribution is 1.94. The third-order valence-electron chi connectivity index (χ3n) is 1.57. The lowest BCUT2D eigenvalue weighted by Gasteiger charge is -2.09. The van der Waals surface area contributed by atoms with Crippen molar-refractivity contribution in [3.05, 3.63) is 24.0 Å². The second kappa shape index (κ2) is 3.92. The molecule has 0 saturated heterocycles. The molecule has 1 heterocycles. The molecule has 1 atom stereocenters. The number of H-pyrrole nitrogens is 1. The highest BCUT2D eigenvalue weighted by molar-refractivity contribution is 5.92. The highest BCUT2D eigenvalue weighted by Gasteiger charge is 2.07. The molecule has 0 saturated carbocycles. The van der Waals surface area contributed by atoms with Crippen molar-refractivity contribution in [2.75, 3.05) is 6.54 Å². The fourth-order valence-electron chi connectivity index (χ4n) is 0.832. The maximum Gasteiger partial charge on any atom is 0.267 e. The predicted octanol–water partition coefficient (Wildman–Crippen LogP) is 0.0917. The summed E-state index contributed by atoms with van der Waals surface area (Å²) < 4.78 is 0. The van der Waals surface area contributed by atoms with Crippen LogP contribution < -0.4 is 11.1 Å². The molecule has 0 aliphatic carbocycles. The van der Waals surface area contributed by atoms with Gasteiger partial charge in [-0.1, -0.05) is 0 Å². The van der Waals surface area contributed by atoms with E-state index in [0.29, 0.717) is 12.2 Å². The number of hydrogen-bond donors (Lipinski definition) is 3. The first kappa shape index (κ1) is 8.80. The molecule has 1 rings (SSSR count). The second-order valence-electron chi connectivity index (χ2n) is 2.69. The average molecular weight is 167 g/mol. The Kier molecular flexibility index (Phi) is 2.88. The molecule has 0 unspecified atom stereocenters. The predicted molar refractivity (Wildman–Crippen MR) is 46.8 cm³/mol. The van der Waals surface area contributed by atoms with Crippen LogP contribution in [0.15, 0.2) is 18.3 Å². The molecule has 1 aromatic heterocycles. The molecule has 12 heavy (non-hydrogen) atoms. The molecule has 4 nitrogen and oxygen atoms in total. The fraction of sp³-hybridized carbons (Fsp3) is 0.375. The minimum atomic E-state index is -0.113. The Bertz CT molecular complexity index is 243. The van der Waals surface area contributed by atoms with E-state index in [0.717, 1.165) is 0 Å². The second-order valence-corrected chi connectivity index (χ2v) is 2.69. The average Bonchev–Trinajstić information content (AvgIpc) is 2.56. The molecule has 66 valence electrons. The molecule has 0 aliphatic rings. The van der Waals surface area contributed by atoms with Crippen LogP contribution in [0, 0.1) is 0 Å². The van der Waals surface area contributed by atoms with Gasteiger partial charge in [0.05, 0.1) is 0 Å². The summed E-state index contributed by atoms with van der Waals surface area (Å²) in [6, 6.07) is 3.52. The zero-order chi connectivity index (χ0) is 8.97. The van der Waals surface area contributed by atoms with Gasteiger partial charge in [-0.25, -0.2) is 0 Å². The van der Waals surface area contributed by atoms with Crippen LogP contribution in [-0.4, -0.2) is 23.5 Å². The maximum atomic E-state index is 11.3. The standard InChI is InChI=1S/C8H13N3O/c1-6(5-9)11-8(12)7-3-2-4-10-7/h2-4,6,10H,5,9H2,1H3,(H,11,12)/t6-/m1/s1. The van der Waals surface area contributed by atoms with Gasteiger partial charge < -0.3 is 16.0 Å². The molecular weight excluding hydrogens is 154 g/mol. The van der Waals surface area contributed by atoms with Crippen molar-refractivity contribution in [3.63, 3.8) is 0 Å². The van der Waals surface area contributed by atoms with Crippen LogP contribution in [0.25, 0.3) is 0 Å². The molecule has 0 bridgehead atoms. The summed E-state index contributed by atoms with van der Waals surface area (Å²) >= 11 is 0. The van der Waals surface area contributed by atoms with Crippen molar-refractivity contribution in [3.8, 4) is 0 Å². The zero-order valence-electron chi connectivity index (χ0n) is 7.00. The summed E-state index contributed by atoms with van der Waals surface area (Å²) in [5.74, 6) is -0.113. The van der Waals surface area contributed by atoms with Crippen LogP contribution in [0.3, 0.4) is 0 Å². The van der Waals surface area contributed by atoms with E-state index in [1.54, 1.807) is 18.3 Å². The molecule has 0 fully saturated rings. The van der Waals surface area contributed by atoms with Gasteiger partial charge in [0.2, 0.25) is 0 Å². The molecule has 1 aromatic rings. The summed E-state index contributed by atoms with van der Waals surface area (Å²) in [4.78, 5) is 14.1. The summed E-state index contributed by atoms with van der Waals surface area (Å²) in [6.45, 7) is 2.31. The molecule has 4 heteroatoms. The van der Waals surface area contributed by atoms with Crippen LogP contribution in [0.5, 0.6) is 0 Å². The van der Waals surface area contributed by atoms with Crippen molar-refractivity contribution in [1.29, 1.82) is 0 Å². The highest BCUT2D eigenvalue weighted by atomic mass is 16.1. The summed E-state index contributed by atoms with van der Waals surface area (Å²) in [5, 5.41) is 2.74. The van der Waals surface area contributed by atoms with Gasteiger partial charge in [-0.2, -0.15) is 0 Å². The normalized spacial score (nSPS) is 12.5. The van der Waals surface area contributed by atoms with Gasteiger partial charge in [-0.05, 0) is 19.1 Å². The van der Waals surface area contributed by atoms with Crippen molar-refractivity contribution < 1.29 is 4.79 Å². The Morgan fingerprint density at radius 3 is 3.08 bits per heavy atom. The molecule has 0 aromatic carbocycles. The van der Waals surface area contributed by atoms with E-state index in [1.165, 1.54) is 0 Å². The van der Waals surface area contributed by atoms with Gasteiger partial charge in [-0.3, -0.25) is 4.79 Å². The Labute approximate surface area is 71.2 Å².